The van der Waals surface area contributed by atoms with E-state index < -0.39 is 0 Å². The Morgan fingerprint density at radius 2 is 2.35 bits per heavy atom. The number of para-hydroxylation sites is 1. The lowest BCUT2D eigenvalue weighted by atomic mass is 9.98. The van der Waals surface area contributed by atoms with Crippen LogP contribution in [0.2, 0.25) is 0 Å². The predicted molar refractivity (Wildman–Crippen MR) is 66.8 cm³/mol. The molecule has 3 N–H and O–H groups in total. The van der Waals surface area contributed by atoms with Crippen LogP contribution in [0.4, 0.5) is 5.82 Å². The quantitative estimate of drug-likeness (QED) is 0.789. The number of anilines is 1. The van der Waals surface area contributed by atoms with Crippen LogP contribution < -0.4 is 10.5 Å². The Kier molecular flexibility index (Phi) is 2.28. The van der Waals surface area contributed by atoms with Crippen molar-refractivity contribution in [2.45, 2.75) is 25.9 Å². The van der Waals surface area contributed by atoms with Gasteiger partial charge in [0, 0.05) is 11.6 Å². The van der Waals surface area contributed by atoms with E-state index in [-0.39, 0.29) is 6.10 Å². The number of hydrogen-bond acceptors (Lipinski definition) is 3. The van der Waals surface area contributed by atoms with Gasteiger partial charge in [-0.25, -0.2) is 0 Å². The van der Waals surface area contributed by atoms with E-state index in [1.807, 2.05) is 18.2 Å². The van der Waals surface area contributed by atoms with Gasteiger partial charge in [0.25, 0.3) is 0 Å². The lowest BCUT2D eigenvalue weighted by Gasteiger charge is -2.25. The Balaban J connectivity index is 2.11. The number of aryl methyl sites for hydroxylation is 1. The Labute approximate surface area is 99.8 Å². The van der Waals surface area contributed by atoms with Crippen molar-refractivity contribution in [1.82, 2.24) is 10.2 Å². The third kappa shape index (κ3) is 1.75. The van der Waals surface area contributed by atoms with Crippen molar-refractivity contribution >= 4 is 5.82 Å². The maximum Gasteiger partial charge on any atom is 0.145 e. The highest BCUT2D eigenvalue weighted by Crippen LogP contribution is 2.37. The molecule has 3 rings (SSSR count). The van der Waals surface area contributed by atoms with E-state index in [1.54, 1.807) is 0 Å². The Morgan fingerprint density at radius 3 is 3.12 bits per heavy atom. The summed E-state index contributed by atoms with van der Waals surface area (Å²) in [7, 11) is 0. The summed E-state index contributed by atoms with van der Waals surface area (Å²) in [6, 6.07) is 8.02. The highest BCUT2D eigenvalue weighted by atomic mass is 16.5. The van der Waals surface area contributed by atoms with Gasteiger partial charge in [-0.3, -0.25) is 5.10 Å². The number of nitrogen functional groups attached to an aromatic ring is 1. The van der Waals surface area contributed by atoms with E-state index in [4.69, 9.17) is 10.5 Å². The zero-order valence-electron chi connectivity index (χ0n) is 9.73. The van der Waals surface area contributed by atoms with Gasteiger partial charge >= 0.3 is 0 Å². The van der Waals surface area contributed by atoms with E-state index in [1.165, 1.54) is 5.56 Å². The van der Waals surface area contributed by atoms with Crippen molar-refractivity contribution in [3.05, 3.63) is 29.8 Å². The second-order valence-electron chi connectivity index (χ2n) is 4.47. The van der Waals surface area contributed by atoms with Gasteiger partial charge in [-0.15, -0.1) is 0 Å². The van der Waals surface area contributed by atoms with Gasteiger partial charge in [0.05, 0.1) is 11.8 Å². The summed E-state index contributed by atoms with van der Waals surface area (Å²) in [6.45, 7) is 2.10. The second-order valence-corrected chi connectivity index (χ2v) is 4.47. The lowest BCUT2D eigenvalue weighted by Crippen LogP contribution is -2.19. The summed E-state index contributed by atoms with van der Waals surface area (Å²) in [6.07, 6.45) is 2.40. The summed E-state index contributed by atoms with van der Waals surface area (Å²) in [5, 5.41) is 6.89. The first kappa shape index (κ1) is 10.2. The van der Waals surface area contributed by atoms with Crippen LogP contribution in [0.5, 0.6) is 5.75 Å². The summed E-state index contributed by atoms with van der Waals surface area (Å²) in [4.78, 5) is 0. The van der Waals surface area contributed by atoms with Gasteiger partial charge in [0.1, 0.15) is 11.6 Å². The van der Waals surface area contributed by atoms with Crippen molar-refractivity contribution in [3.8, 4) is 17.0 Å². The fourth-order valence-corrected chi connectivity index (χ4v) is 2.23. The van der Waals surface area contributed by atoms with Crippen LogP contribution in [0.15, 0.2) is 24.3 Å². The standard InChI is InChI=1S/C13H15N3O/c1-8-5-6-9-3-2-4-10(13(9)17-8)11-7-12(14)16-15-11/h2-4,7-8H,5-6H2,1H3,(H3,14,15,16). The van der Waals surface area contributed by atoms with Crippen molar-refractivity contribution in [1.29, 1.82) is 0 Å². The van der Waals surface area contributed by atoms with E-state index in [2.05, 4.69) is 23.2 Å². The Hall–Kier alpha value is -1.97. The van der Waals surface area contributed by atoms with E-state index in [0.717, 1.165) is 29.8 Å². The Bertz CT molecular complexity index is 547. The molecule has 2 heterocycles. The van der Waals surface area contributed by atoms with Crippen LogP contribution >= 0.6 is 0 Å². The van der Waals surface area contributed by atoms with Gasteiger partial charge in [-0.05, 0) is 31.4 Å². The molecule has 0 radical (unpaired) electrons. The molecule has 1 aromatic heterocycles. The molecule has 2 aromatic rings. The maximum atomic E-state index is 5.94. The molecule has 0 bridgehead atoms. The molecule has 1 atom stereocenters. The number of nitrogens with two attached hydrogens (primary N) is 1. The van der Waals surface area contributed by atoms with Crippen molar-refractivity contribution < 1.29 is 4.74 Å². The molecule has 17 heavy (non-hydrogen) atoms. The molecular formula is C13H15N3O. The molecule has 88 valence electrons. The van der Waals surface area contributed by atoms with Crippen LogP contribution in [-0.4, -0.2) is 16.3 Å². The first-order valence-corrected chi connectivity index (χ1v) is 5.84. The molecule has 1 aromatic carbocycles. The van der Waals surface area contributed by atoms with E-state index >= 15 is 0 Å². The fourth-order valence-electron chi connectivity index (χ4n) is 2.23. The zero-order chi connectivity index (χ0) is 11.8. The number of benzene rings is 1. The average molecular weight is 229 g/mol. The smallest absolute Gasteiger partial charge is 0.145 e. The van der Waals surface area contributed by atoms with Gasteiger partial charge in [-0.1, -0.05) is 12.1 Å². The second kappa shape index (κ2) is 3.80. The number of aromatic amines is 1. The van der Waals surface area contributed by atoms with Crippen LogP contribution in [0.1, 0.15) is 18.9 Å². The van der Waals surface area contributed by atoms with Crippen LogP contribution in [0, 0.1) is 0 Å². The molecule has 1 aliphatic heterocycles. The predicted octanol–water partition coefficient (Wildman–Crippen LogP) is 2.37. The van der Waals surface area contributed by atoms with Gasteiger partial charge in [0.15, 0.2) is 0 Å². The SMILES string of the molecule is CC1CCc2cccc(-c3cc(N)n[nH]3)c2O1. The number of hydrogen-bond donors (Lipinski definition) is 2. The molecule has 4 nitrogen and oxygen atoms in total. The minimum Gasteiger partial charge on any atom is -0.490 e. The largest absolute Gasteiger partial charge is 0.490 e. The van der Waals surface area contributed by atoms with Crippen LogP contribution in [0.3, 0.4) is 0 Å². The Morgan fingerprint density at radius 1 is 1.47 bits per heavy atom. The highest BCUT2D eigenvalue weighted by molar-refractivity contribution is 5.71. The van der Waals surface area contributed by atoms with E-state index in [0.29, 0.717) is 5.82 Å². The molecule has 1 aliphatic rings. The lowest BCUT2D eigenvalue weighted by molar-refractivity contribution is 0.193. The number of fused-ring (bicyclic) bond motifs is 1. The first-order valence-electron chi connectivity index (χ1n) is 5.84. The third-order valence-corrected chi connectivity index (χ3v) is 3.12. The number of ether oxygens (including phenoxy) is 1. The maximum absolute atomic E-state index is 5.94. The monoisotopic (exact) mass is 229 g/mol. The summed E-state index contributed by atoms with van der Waals surface area (Å²) in [5.74, 6) is 1.47. The number of H-pyrrole nitrogens is 1. The minimum absolute atomic E-state index is 0.268. The topological polar surface area (TPSA) is 63.9 Å². The zero-order valence-corrected chi connectivity index (χ0v) is 9.73. The fraction of sp³-hybridized carbons (Fsp3) is 0.308. The molecule has 0 spiro atoms. The van der Waals surface area contributed by atoms with Crippen molar-refractivity contribution in [2.24, 2.45) is 0 Å². The molecule has 1 unspecified atom stereocenters. The number of rotatable bonds is 1. The van der Waals surface area contributed by atoms with Crippen LogP contribution in [0.25, 0.3) is 11.3 Å². The number of nitrogens with one attached hydrogen (secondary N) is 1. The third-order valence-electron chi connectivity index (χ3n) is 3.12. The number of aromatic nitrogens is 2. The normalized spacial score (nSPS) is 18.5. The molecular weight excluding hydrogens is 214 g/mol. The van der Waals surface area contributed by atoms with Crippen LogP contribution in [-0.2, 0) is 6.42 Å². The molecule has 0 fully saturated rings. The van der Waals surface area contributed by atoms with Crippen molar-refractivity contribution in [3.63, 3.8) is 0 Å². The molecule has 0 saturated carbocycles. The molecule has 4 heteroatoms. The average Bonchev–Trinajstić information content (AvgIpc) is 2.75. The number of nitrogens with zero attached hydrogens (tertiary/aromatic N) is 1. The van der Waals surface area contributed by atoms with E-state index in [9.17, 15) is 0 Å². The van der Waals surface area contributed by atoms with Gasteiger partial charge < -0.3 is 10.5 Å². The summed E-state index contributed by atoms with van der Waals surface area (Å²) in [5.41, 5.74) is 8.84. The molecule has 0 saturated heterocycles. The van der Waals surface area contributed by atoms with Crippen molar-refractivity contribution in [2.75, 3.05) is 5.73 Å². The minimum atomic E-state index is 0.268. The first-order chi connectivity index (χ1) is 8.24. The van der Waals surface area contributed by atoms with Gasteiger partial charge in [-0.2, -0.15) is 5.10 Å². The summed E-state index contributed by atoms with van der Waals surface area (Å²) < 4.78 is 5.94. The molecule has 0 amide bonds. The molecule has 0 aliphatic carbocycles. The summed E-state index contributed by atoms with van der Waals surface area (Å²) >= 11 is 0. The van der Waals surface area contributed by atoms with Gasteiger partial charge in [0.2, 0.25) is 0 Å². The highest BCUT2D eigenvalue weighted by Gasteiger charge is 2.20.